The molecule has 0 aromatic heterocycles. The predicted octanol–water partition coefficient (Wildman–Crippen LogP) is 0.589. The summed E-state index contributed by atoms with van der Waals surface area (Å²) in [5.41, 5.74) is 0. The smallest absolute Gasteiger partial charge is 0.223 e. The van der Waals surface area contributed by atoms with Crippen molar-refractivity contribution in [1.82, 2.24) is 9.62 Å². The van der Waals surface area contributed by atoms with E-state index < -0.39 is 10.0 Å². The van der Waals surface area contributed by atoms with Gasteiger partial charge in [-0.1, -0.05) is 6.92 Å². The zero-order valence-corrected chi connectivity index (χ0v) is 13.4. The van der Waals surface area contributed by atoms with Crippen LogP contribution in [0.3, 0.4) is 0 Å². The number of nitrogens with zero attached hydrogens (tertiary/aromatic N) is 1. The Morgan fingerprint density at radius 1 is 1.40 bits per heavy atom. The van der Waals surface area contributed by atoms with Crippen LogP contribution in [0.5, 0.6) is 0 Å². The summed E-state index contributed by atoms with van der Waals surface area (Å²) in [7, 11) is -1.76. The summed E-state index contributed by atoms with van der Waals surface area (Å²) >= 11 is 0. The van der Waals surface area contributed by atoms with Gasteiger partial charge < -0.3 is 10.1 Å². The Balaban J connectivity index is 2.45. The molecule has 1 saturated heterocycles. The minimum Gasteiger partial charge on any atom is -0.384 e. The second-order valence-corrected chi connectivity index (χ2v) is 7.39. The summed E-state index contributed by atoms with van der Waals surface area (Å²) in [6.07, 6.45) is 2.08. The van der Waals surface area contributed by atoms with Crippen LogP contribution in [-0.2, 0) is 19.6 Å². The first-order valence-corrected chi connectivity index (χ1v) is 8.78. The van der Waals surface area contributed by atoms with Crippen LogP contribution in [0.25, 0.3) is 0 Å². The minimum atomic E-state index is -3.25. The van der Waals surface area contributed by atoms with Gasteiger partial charge >= 0.3 is 0 Å². The van der Waals surface area contributed by atoms with E-state index in [-0.39, 0.29) is 30.2 Å². The van der Waals surface area contributed by atoms with Crippen LogP contribution in [0.4, 0.5) is 0 Å². The molecule has 1 aliphatic heterocycles. The lowest BCUT2D eigenvalue weighted by atomic mass is 9.97. The molecule has 0 bridgehead atoms. The van der Waals surface area contributed by atoms with Crippen LogP contribution in [-0.4, -0.2) is 57.2 Å². The Kier molecular flexibility index (Phi) is 6.91. The zero-order chi connectivity index (χ0) is 15.2. The third-order valence-corrected chi connectivity index (χ3v) is 5.60. The molecule has 1 unspecified atom stereocenters. The number of amides is 1. The average molecular weight is 306 g/mol. The molecular formula is C13H26N2O4S. The minimum absolute atomic E-state index is 0.00717. The first-order chi connectivity index (χ1) is 9.40. The van der Waals surface area contributed by atoms with E-state index in [0.717, 1.165) is 6.42 Å². The fraction of sp³-hybridized carbons (Fsp3) is 0.923. The van der Waals surface area contributed by atoms with Gasteiger partial charge in [0.2, 0.25) is 15.9 Å². The summed E-state index contributed by atoms with van der Waals surface area (Å²) < 4.78 is 30.3. The molecule has 6 nitrogen and oxygen atoms in total. The van der Waals surface area contributed by atoms with Crippen molar-refractivity contribution < 1.29 is 17.9 Å². The molecule has 1 atom stereocenters. The van der Waals surface area contributed by atoms with Crippen LogP contribution in [0.2, 0.25) is 0 Å². The molecule has 1 amide bonds. The van der Waals surface area contributed by atoms with Crippen molar-refractivity contribution in [2.24, 2.45) is 5.92 Å². The Morgan fingerprint density at radius 2 is 2.00 bits per heavy atom. The van der Waals surface area contributed by atoms with E-state index in [2.05, 4.69) is 5.32 Å². The number of nitrogens with one attached hydrogen (secondary N) is 1. The molecule has 0 saturated carbocycles. The number of carbonyl (C=O) groups is 1. The fourth-order valence-corrected chi connectivity index (χ4v) is 3.58. The fourth-order valence-electron chi connectivity index (χ4n) is 2.18. The highest BCUT2D eigenvalue weighted by Gasteiger charge is 2.30. The summed E-state index contributed by atoms with van der Waals surface area (Å²) in [5.74, 6) is -0.0149. The van der Waals surface area contributed by atoms with Gasteiger partial charge in [-0.3, -0.25) is 4.79 Å². The maximum absolute atomic E-state index is 12.0. The molecule has 1 N–H and O–H groups in total. The van der Waals surface area contributed by atoms with Crippen molar-refractivity contribution in [3.63, 3.8) is 0 Å². The molecule has 0 spiro atoms. The highest BCUT2D eigenvalue weighted by Crippen LogP contribution is 2.20. The lowest BCUT2D eigenvalue weighted by Crippen LogP contribution is -2.45. The molecule has 118 valence electrons. The summed E-state index contributed by atoms with van der Waals surface area (Å²) in [6, 6.07) is 0.172. The van der Waals surface area contributed by atoms with Crippen molar-refractivity contribution in [2.75, 3.05) is 32.6 Å². The van der Waals surface area contributed by atoms with Crippen molar-refractivity contribution in [2.45, 2.75) is 39.2 Å². The second kappa shape index (κ2) is 7.95. The topological polar surface area (TPSA) is 75.7 Å². The molecule has 20 heavy (non-hydrogen) atoms. The van der Waals surface area contributed by atoms with Gasteiger partial charge in [-0.15, -0.1) is 0 Å². The first kappa shape index (κ1) is 17.4. The highest BCUT2D eigenvalue weighted by atomic mass is 32.2. The van der Waals surface area contributed by atoms with Crippen molar-refractivity contribution in [3.05, 3.63) is 0 Å². The first-order valence-electron chi connectivity index (χ1n) is 7.17. The number of hydrogen-bond acceptors (Lipinski definition) is 4. The number of hydrogen-bond donors (Lipinski definition) is 1. The monoisotopic (exact) mass is 306 g/mol. The summed E-state index contributed by atoms with van der Waals surface area (Å²) in [4.78, 5) is 12.0. The molecule has 1 heterocycles. The predicted molar refractivity (Wildman–Crippen MR) is 77.9 cm³/mol. The molecule has 0 radical (unpaired) electrons. The van der Waals surface area contributed by atoms with Gasteiger partial charge in [0.25, 0.3) is 0 Å². The maximum Gasteiger partial charge on any atom is 0.223 e. The molecule has 0 aliphatic carbocycles. The van der Waals surface area contributed by atoms with Crippen LogP contribution in [0.15, 0.2) is 0 Å². The Bertz CT molecular complexity index is 403. The third-order valence-electron chi connectivity index (χ3n) is 3.76. The number of methoxy groups -OCH3 is 1. The molecule has 0 aromatic carbocycles. The summed E-state index contributed by atoms with van der Waals surface area (Å²) in [5, 5.41) is 2.96. The van der Waals surface area contributed by atoms with Crippen LogP contribution in [0.1, 0.15) is 33.1 Å². The molecule has 0 aromatic rings. The van der Waals surface area contributed by atoms with E-state index in [0.29, 0.717) is 25.9 Å². The van der Waals surface area contributed by atoms with Gasteiger partial charge in [0.05, 0.1) is 12.4 Å². The SMILES string of the molecule is CCC(C)NC(=O)C1CCN(S(=O)(=O)CCOC)CC1. The van der Waals surface area contributed by atoms with Crippen molar-refractivity contribution in [3.8, 4) is 0 Å². The van der Waals surface area contributed by atoms with Gasteiger partial charge in [-0.2, -0.15) is 0 Å². The Labute approximate surface area is 121 Å². The van der Waals surface area contributed by atoms with E-state index in [4.69, 9.17) is 4.74 Å². The van der Waals surface area contributed by atoms with E-state index in [1.165, 1.54) is 11.4 Å². The number of carbonyl (C=O) groups excluding carboxylic acids is 1. The van der Waals surface area contributed by atoms with Gasteiger partial charge in [0.1, 0.15) is 0 Å². The number of rotatable bonds is 7. The van der Waals surface area contributed by atoms with Crippen LogP contribution >= 0.6 is 0 Å². The van der Waals surface area contributed by atoms with Gasteiger partial charge in [0, 0.05) is 32.2 Å². The maximum atomic E-state index is 12.0. The molecule has 1 aliphatic rings. The van der Waals surface area contributed by atoms with Gasteiger partial charge in [-0.25, -0.2) is 12.7 Å². The second-order valence-electron chi connectivity index (χ2n) is 5.30. The average Bonchev–Trinajstić information content (AvgIpc) is 2.45. The Hall–Kier alpha value is -0.660. The van der Waals surface area contributed by atoms with Crippen LogP contribution < -0.4 is 5.32 Å². The van der Waals surface area contributed by atoms with Crippen molar-refractivity contribution >= 4 is 15.9 Å². The molecular weight excluding hydrogens is 280 g/mol. The van der Waals surface area contributed by atoms with E-state index in [1.54, 1.807) is 0 Å². The highest BCUT2D eigenvalue weighted by molar-refractivity contribution is 7.89. The molecule has 1 fully saturated rings. The normalized spacial score (nSPS) is 19.8. The Morgan fingerprint density at radius 3 is 2.50 bits per heavy atom. The summed E-state index contributed by atoms with van der Waals surface area (Å²) in [6.45, 7) is 5.05. The third kappa shape index (κ3) is 5.03. The van der Waals surface area contributed by atoms with Gasteiger partial charge in [-0.05, 0) is 26.2 Å². The molecule has 7 heteroatoms. The van der Waals surface area contributed by atoms with E-state index in [9.17, 15) is 13.2 Å². The number of ether oxygens (including phenoxy) is 1. The van der Waals surface area contributed by atoms with Crippen LogP contribution in [0, 0.1) is 5.92 Å². The number of sulfonamides is 1. The van der Waals surface area contributed by atoms with Crippen molar-refractivity contribution in [1.29, 1.82) is 0 Å². The lowest BCUT2D eigenvalue weighted by molar-refractivity contribution is -0.126. The quantitative estimate of drug-likeness (QED) is 0.747. The standard InChI is InChI=1S/C13H26N2O4S/c1-4-11(2)14-13(16)12-5-7-15(8-6-12)20(17,18)10-9-19-3/h11-12H,4-10H2,1-3H3,(H,14,16). The van der Waals surface area contributed by atoms with Gasteiger partial charge in [0.15, 0.2) is 0 Å². The largest absolute Gasteiger partial charge is 0.384 e. The number of piperidine rings is 1. The zero-order valence-electron chi connectivity index (χ0n) is 12.6. The van der Waals surface area contributed by atoms with E-state index in [1.807, 2.05) is 13.8 Å². The molecule has 1 rings (SSSR count). The van der Waals surface area contributed by atoms with E-state index >= 15 is 0 Å². The lowest BCUT2D eigenvalue weighted by Gasteiger charge is -2.31.